The van der Waals surface area contributed by atoms with E-state index in [2.05, 4.69) is 15.5 Å². The molecule has 0 saturated heterocycles. The number of hydrazine groups is 1. The van der Waals surface area contributed by atoms with E-state index in [-0.39, 0.29) is 6.54 Å². The SMILES string of the molecule is NNc1ccc(Cn2ccc(C(F)(F)F)n2)cn1. The smallest absolute Gasteiger partial charge is 0.308 e. The molecule has 0 atom stereocenters. The summed E-state index contributed by atoms with van der Waals surface area (Å²) < 4.78 is 38.2. The Kier molecular flexibility index (Phi) is 3.19. The molecule has 0 aliphatic heterocycles. The minimum Gasteiger partial charge on any atom is -0.308 e. The van der Waals surface area contributed by atoms with Gasteiger partial charge >= 0.3 is 6.18 Å². The second-order valence-corrected chi connectivity index (χ2v) is 3.59. The summed E-state index contributed by atoms with van der Waals surface area (Å²) in [4.78, 5) is 3.95. The third-order valence-electron chi connectivity index (χ3n) is 2.25. The van der Waals surface area contributed by atoms with E-state index < -0.39 is 11.9 Å². The Morgan fingerprint density at radius 1 is 1.28 bits per heavy atom. The fourth-order valence-corrected chi connectivity index (χ4v) is 1.39. The Morgan fingerprint density at radius 3 is 2.56 bits per heavy atom. The molecule has 96 valence electrons. The van der Waals surface area contributed by atoms with Gasteiger partial charge in [0.15, 0.2) is 5.69 Å². The number of nitrogen functional groups attached to an aromatic ring is 1. The zero-order valence-electron chi connectivity index (χ0n) is 9.15. The van der Waals surface area contributed by atoms with Crippen LogP contribution in [0.4, 0.5) is 19.0 Å². The number of rotatable bonds is 3. The van der Waals surface area contributed by atoms with Crippen molar-refractivity contribution < 1.29 is 13.2 Å². The van der Waals surface area contributed by atoms with Crippen molar-refractivity contribution in [1.82, 2.24) is 14.8 Å². The lowest BCUT2D eigenvalue weighted by atomic mass is 10.3. The molecule has 0 amide bonds. The van der Waals surface area contributed by atoms with Crippen molar-refractivity contribution in [2.24, 2.45) is 5.84 Å². The van der Waals surface area contributed by atoms with E-state index in [4.69, 9.17) is 5.84 Å². The summed E-state index contributed by atoms with van der Waals surface area (Å²) in [6.45, 7) is 0.216. The largest absolute Gasteiger partial charge is 0.435 e. The van der Waals surface area contributed by atoms with Crippen LogP contribution in [0.2, 0.25) is 0 Å². The molecule has 2 heterocycles. The fourth-order valence-electron chi connectivity index (χ4n) is 1.39. The molecule has 5 nitrogen and oxygen atoms in total. The number of nitrogens with one attached hydrogen (secondary N) is 1. The van der Waals surface area contributed by atoms with Crippen LogP contribution in [0.3, 0.4) is 0 Å². The topological polar surface area (TPSA) is 68.8 Å². The molecule has 2 rings (SSSR count). The molecular formula is C10H10F3N5. The lowest BCUT2D eigenvalue weighted by molar-refractivity contribution is -0.141. The van der Waals surface area contributed by atoms with Gasteiger partial charge in [0.2, 0.25) is 0 Å². The number of halogens is 3. The van der Waals surface area contributed by atoms with Gasteiger partial charge < -0.3 is 5.43 Å². The van der Waals surface area contributed by atoms with E-state index in [0.29, 0.717) is 5.82 Å². The van der Waals surface area contributed by atoms with Crippen molar-refractivity contribution >= 4 is 5.82 Å². The van der Waals surface area contributed by atoms with Gasteiger partial charge in [-0.05, 0) is 17.7 Å². The van der Waals surface area contributed by atoms with Crippen molar-refractivity contribution in [2.75, 3.05) is 5.43 Å². The first-order valence-electron chi connectivity index (χ1n) is 5.01. The fraction of sp³-hybridized carbons (Fsp3) is 0.200. The van der Waals surface area contributed by atoms with Gasteiger partial charge in [-0.2, -0.15) is 18.3 Å². The minimum atomic E-state index is -4.42. The lowest BCUT2D eigenvalue weighted by Gasteiger charge is -2.04. The Labute approximate surface area is 100 Å². The first-order valence-corrected chi connectivity index (χ1v) is 5.01. The Bertz CT molecular complexity index is 517. The molecule has 0 unspecified atom stereocenters. The second-order valence-electron chi connectivity index (χ2n) is 3.59. The van der Waals surface area contributed by atoms with Gasteiger partial charge in [-0.15, -0.1) is 0 Å². The molecule has 0 radical (unpaired) electrons. The standard InChI is InChI=1S/C10H10F3N5/c11-10(12,13)8-3-4-18(17-8)6-7-1-2-9(16-14)15-5-7/h1-5H,6,14H2,(H,15,16). The van der Waals surface area contributed by atoms with E-state index >= 15 is 0 Å². The van der Waals surface area contributed by atoms with Gasteiger partial charge in [0.1, 0.15) is 5.82 Å². The van der Waals surface area contributed by atoms with Crippen LogP contribution >= 0.6 is 0 Å². The first kappa shape index (κ1) is 12.4. The van der Waals surface area contributed by atoms with E-state index in [1.807, 2.05) is 0 Å². The lowest BCUT2D eigenvalue weighted by Crippen LogP contribution is -2.10. The molecule has 2 aromatic heterocycles. The highest BCUT2D eigenvalue weighted by Gasteiger charge is 2.33. The van der Waals surface area contributed by atoms with E-state index in [1.165, 1.54) is 17.1 Å². The summed E-state index contributed by atoms with van der Waals surface area (Å²) in [6.07, 6.45) is -1.63. The molecule has 0 spiro atoms. The number of aromatic nitrogens is 3. The molecule has 3 N–H and O–H groups in total. The van der Waals surface area contributed by atoms with Crippen molar-refractivity contribution in [3.8, 4) is 0 Å². The van der Waals surface area contributed by atoms with Gasteiger partial charge in [-0.25, -0.2) is 10.8 Å². The van der Waals surface area contributed by atoms with Crippen molar-refractivity contribution in [3.05, 3.63) is 41.9 Å². The van der Waals surface area contributed by atoms with Crippen LogP contribution in [0.25, 0.3) is 0 Å². The van der Waals surface area contributed by atoms with E-state index in [9.17, 15) is 13.2 Å². The Morgan fingerprint density at radius 2 is 2.06 bits per heavy atom. The molecule has 2 aromatic rings. The monoisotopic (exact) mass is 257 g/mol. The molecule has 0 bridgehead atoms. The van der Waals surface area contributed by atoms with Gasteiger partial charge in [0, 0.05) is 12.4 Å². The number of nitrogens with zero attached hydrogens (tertiary/aromatic N) is 3. The Balaban J connectivity index is 2.11. The zero-order valence-corrected chi connectivity index (χ0v) is 9.15. The minimum absolute atomic E-state index is 0.216. The number of hydrogen-bond acceptors (Lipinski definition) is 4. The summed E-state index contributed by atoms with van der Waals surface area (Å²) in [5.41, 5.74) is 2.18. The third-order valence-corrected chi connectivity index (χ3v) is 2.25. The van der Waals surface area contributed by atoms with Crippen LogP contribution in [-0.2, 0) is 12.7 Å². The van der Waals surface area contributed by atoms with Gasteiger partial charge in [-0.1, -0.05) is 6.07 Å². The van der Waals surface area contributed by atoms with Gasteiger partial charge in [0.05, 0.1) is 6.54 Å². The summed E-state index contributed by atoms with van der Waals surface area (Å²) >= 11 is 0. The average Bonchev–Trinajstić information content (AvgIpc) is 2.78. The maximum atomic E-state index is 12.3. The van der Waals surface area contributed by atoms with E-state index in [0.717, 1.165) is 11.6 Å². The average molecular weight is 257 g/mol. The first-order chi connectivity index (χ1) is 8.49. The summed E-state index contributed by atoms with van der Waals surface area (Å²) in [6, 6.07) is 4.27. The maximum absolute atomic E-state index is 12.3. The van der Waals surface area contributed by atoms with Crippen LogP contribution in [0.15, 0.2) is 30.6 Å². The number of nitrogens with two attached hydrogens (primary N) is 1. The number of anilines is 1. The molecule has 0 aliphatic rings. The zero-order chi connectivity index (χ0) is 13.2. The normalized spacial score (nSPS) is 11.6. The van der Waals surface area contributed by atoms with Gasteiger partial charge in [-0.3, -0.25) is 4.68 Å². The van der Waals surface area contributed by atoms with Crippen LogP contribution in [0.5, 0.6) is 0 Å². The highest BCUT2D eigenvalue weighted by molar-refractivity contribution is 5.33. The molecule has 18 heavy (non-hydrogen) atoms. The molecule has 0 saturated carbocycles. The van der Waals surface area contributed by atoms with Crippen molar-refractivity contribution in [3.63, 3.8) is 0 Å². The highest BCUT2D eigenvalue weighted by Crippen LogP contribution is 2.27. The Hall–Kier alpha value is -2.09. The van der Waals surface area contributed by atoms with E-state index in [1.54, 1.807) is 12.1 Å². The quantitative estimate of drug-likeness (QED) is 0.647. The molecule has 0 fully saturated rings. The van der Waals surface area contributed by atoms with Crippen molar-refractivity contribution in [2.45, 2.75) is 12.7 Å². The van der Waals surface area contributed by atoms with Crippen LogP contribution in [0.1, 0.15) is 11.3 Å². The predicted octanol–water partition coefficient (Wildman–Crippen LogP) is 1.63. The summed E-state index contributed by atoms with van der Waals surface area (Å²) in [7, 11) is 0. The predicted molar refractivity (Wildman–Crippen MR) is 58.4 cm³/mol. The molecular weight excluding hydrogens is 247 g/mol. The number of alkyl halides is 3. The van der Waals surface area contributed by atoms with Crippen LogP contribution in [0, 0.1) is 0 Å². The van der Waals surface area contributed by atoms with Gasteiger partial charge in [0.25, 0.3) is 0 Å². The molecule has 0 aromatic carbocycles. The molecule has 8 heteroatoms. The highest BCUT2D eigenvalue weighted by atomic mass is 19.4. The summed E-state index contributed by atoms with van der Waals surface area (Å²) in [5.74, 6) is 5.63. The maximum Gasteiger partial charge on any atom is 0.435 e. The number of pyridine rings is 1. The second kappa shape index (κ2) is 4.65. The van der Waals surface area contributed by atoms with Crippen molar-refractivity contribution in [1.29, 1.82) is 0 Å². The van der Waals surface area contributed by atoms with Crippen LogP contribution < -0.4 is 11.3 Å². The number of hydrogen-bond donors (Lipinski definition) is 2. The summed E-state index contributed by atoms with van der Waals surface area (Å²) in [5, 5.41) is 3.44. The third kappa shape index (κ3) is 2.77. The van der Waals surface area contributed by atoms with Crippen LogP contribution in [-0.4, -0.2) is 14.8 Å². The molecule has 0 aliphatic carbocycles.